The van der Waals surface area contributed by atoms with E-state index in [0.717, 1.165) is 5.56 Å². The Morgan fingerprint density at radius 3 is 2.11 bits per heavy atom. The third kappa shape index (κ3) is 6.58. The maximum atomic E-state index is 13.2. The normalized spacial score (nSPS) is 11.9. The lowest BCUT2D eigenvalue weighted by molar-refractivity contribution is -0.117. The Balaban J connectivity index is 1.86. The average molecular weight is 499 g/mol. The van der Waals surface area contributed by atoms with Crippen LogP contribution in [-0.4, -0.2) is 47.7 Å². The Kier molecular flexibility index (Phi) is 8.45. The summed E-state index contributed by atoms with van der Waals surface area (Å²) in [5, 5.41) is 2.70. The smallest absolute Gasteiger partial charge is 0.337 e. The van der Waals surface area contributed by atoms with E-state index in [2.05, 4.69) is 14.8 Å². The molecule has 0 aliphatic rings. The van der Waals surface area contributed by atoms with Gasteiger partial charge in [-0.25, -0.2) is 13.2 Å². The number of amides is 1. The van der Waals surface area contributed by atoms with Gasteiger partial charge < -0.3 is 19.5 Å². The van der Waals surface area contributed by atoms with Crippen LogP contribution in [0.5, 0.6) is 11.5 Å². The molecule has 0 unspecified atom stereocenters. The minimum Gasteiger partial charge on any atom is -0.493 e. The van der Waals surface area contributed by atoms with Gasteiger partial charge in [0.05, 0.1) is 31.8 Å². The van der Waals surface area contributed by atoms with Crippen LogP contribution in [-0.2, 0) is 26.0 Å². The molecule has 0 saturated heterocycles. The largest absolute Gasteiger partial charge is 0.493 e. The van der Waals surface area contributed by atoms with Gasteiger partial charge in [0.2, 0.25) is 15.9 Å². The molecule has 2 N–H and O–H groups in total. The van der Waals surface area contributed by atoms with E-state index in [-0.39, 0.29) is 17.1 Å². The summed E-state index contributed by atoms with van der Waals surface area (Å²) in [7, 11) is 0.0194. The van der Waals surface area contributed by atoms with Crippen LogP contribution in [0, 0.1) is 0 Å². The van der Waals surface area contributed by atoms with Gasteiger partial charge in [-0.05, 0) is 48.4 Å². The molecule has 0 bridgehead atoms. The third-order valence-electron chi connectivity index (χ3n) is 5.14. The van der Waals surface area contributed by atoms with Crippen molar-refractivity contribution in [2.75, 3.05) is 26.6 Å². The van der Waals surface area contributed by atoms with E-state index in [1.807, 2.05) is 6.07 Å². The lowest BCUT2D eigenvalue weighted by atomic mass is 10.1. The van der Waals surface area contributed by atoms with Crippen LogP contribution in [0.3, 0.4) is 0 Å². The predicted octanol–water partition coefficient (Wildman–Crippen LogP) is 3.02. The van der Waals surface area contributed by atoms with E-state index in [1.54, 1.807) is 24.3 Å². The van der Waals surface area contributed by atoms with E-state index >= 15 is 0 Å². The van der Waals surface area contributed by atoms with E-state index in [0.29, 0.717) is 17.0 Å². The number of ether oxygens (including phenoxy) is 3. The van der Waals surface area contributed by atoms with Crippen molar-refractivity contribution < 1.29 is 32.2 Å². The molecular weight excluding hydrogens is 472 g/mol. The number of esters is 1. The van der Waals surface area contributed by atoms with Crippen molar-refractivity contribution in [2.45, 2.75) is 17.4 Å². The number of methoxy groups -OCH3 is 3. The highest BCUT2D eigenvalue weighted by molar-refractivity contribution is 7.89. The molecule has 0 saturated carbocycles. The summed E-state index contributed by atoms with van der Waals surface area (Å²) in [4.78, 5) is 24.7. The first kappa shape index (κ1) is 25.7. The first-order chi connectivity index (χ1) is 16.8. The second-order valence-electron chi connectivity index (χ2n) is 7.44. The molecule has 0 aromatic heterocycles. The molecule has 35 heavy (non-hydrogen) atoms. The Labute approximate surface area is 204 Å². The highest BCUT2D eigenvalue weighted by Gasteiger charge is 2.27. The monoisotopic (exact) mass is 498 g/mol. The molecule has 0 aliphatic carbocycles. The first-order valence-electron chi connectivity index (χ1n) is 10.5. The summed E-state index contributed by atoms with van der Waals surface area (Å²) in [5.74, 6) is -0.457. The molecule has 3 aromatic carbocycles. The lowest BCUT2D eigenvalue weighted by Gasteiger charge is -2.19. The highest BCUT2D eigenvalue weighted by atomic mass is 32.2. The zero-order valence-electron chi connectivity index (χ0n) is 19.5. The summed E-state index contributed by atoms with van der Waals surface area (Å²) >= 11 is 0. The van der Waals surface area contributed by atoms with Gasteiger partial charge in [-0.3, -0.25) is 4.79 Å². The summed E-state index contributed by atoms with van der Waals surface area (Å²) in [6.07, 6.45) is 0.111. The fourth-order valence-electron chi connectivity index (χ4n) is 3.31. The second kappa shape index (κ2) is 11.5. The zero-order valence-corrected chi connectivity index (χ0v) is 20.3. The van der Waals surface area contributed by atoms with Crippen molar-refractivity contribution in [1.82, 2.24) is 4.72 Å². The molecular formula is C25H26N2O7S. The molecule has 0 radical (unpaired) electrons. The Morgan fingerprint density at radius 2 is 1.51 bits per heavy atom. The molecule has 9 nitrogen and oxygen atoms in total. The third-order valence-corrected chi connectivity index (χ3v) is 6.60. The van der Waals surface area contributed by atoms with Gasteiger partial charge >= 0.3 is 5.97 Å². The van der Waals surface area contributed by atoms with E-state index in [1.165, 1.54) is 63.8 Å². The van der Waals surface area contributed by atoms with Crippen LogP contribution in [0.15, 0.2) is 77.7 Å². The van der Waals surface area contributed by atoms with Crippen molar-refractivity contribution in [3.8, 4) is 11.5 Å². The number of hydrogen-bond donors (Lipinski definition) is 2. The first-order valence-corrected chi connectivity index (χ1v) is 12.0. The topological polar surface area (TPSA) is 120 Å². The summed E-state index contributed by atoms with van der Waals surface area (Å²) < 4.78 is 43.9. The van der Waals surface area contributed by atoms with Crippen LogP contribution in [0.1, 0.15) is 15.9 Å². The van der Waals surface area contributed by atoms with Gasteiger partial charge in [0.25, 0.3) is 0 Å². The number of benzene rings is 3. The molecule has 3 rings (SSSR count). The fraction of sp³-hybridized carbons (Fsp3) is 0.200. The average Bonchev–Trinajstić information content (AvgIpc) is 2.88. The maximum Gasteiger partial charge on any atom is 0.337 e. The molecule has 0 fully saturated rings. The Morgan fingerprint density at radius 1 is 0.857 bits per heavy atom. The number of rotatable bonds is 10. The van der Waals surface area contributed by atoms with E-state index in [4.69, 9.17) is 9.47 Å². The van der Waals surface area contributed by atoms with E-state index in [9.17, 15) is 18.0 Å². The number of carbonyl (C=O) groups excluding carboxylic acids is 2. The van der Waals surface area contributed by atoms with Gasteiger partial charge in [0.1, 0.15) is 6.04 Å². The van der Waals surface area contributed by atoms with Gasteiger partial charge in [0.15, 0.2) is 11.5 Å². The molecule has 0 spiro atoms. The lowest BCUT2D eigenvalue weighted by Crippen LogP contribution is -2.45. The van der Waals surface area contributed by atoms with E-state index < -0.39 is 27.9 Å². The Bertz CT molecular complexity index is 1280. The van der Waals surface area contributed by atoms with Crippen LogP contribution >= 0.6 is 0 Å². The number of carbonyl (C=O) groups is 2. The molecule has 184 valence electrons. The molecule has 3 aromatic rings. The molecule has 0 heterocycles. The predicted molar refractivity (Wildman–Crippen MR) is 130 cm³/mol. The van der Waals surface area contributed by atoms with Gasteiger partial charge in [0, 0.05) is 11.8 Å². The van der Waals surface area contributed by atoms with Crippen LogP contribution in [0.2, 0.25) is 0 Å². The minimum atomic E-state index is -4.10. The van der Waals surface area contributed by atoms with Crippen LogP contribution < -0.4 is 19.5 Å². The van der Waals surface area contributed by atoms with Crippen molar-refractivity contribution in [1.29, 1.82) is 0 Å². The number of nitrogens with one attached hydrogen (secondary N) is 2. The number of anilines is 1. The van der Waals surface area contributed by atoms with Crippen molar-refractivity contribution in [3.05, 3.63) is 83.9 Å². The van der Waals surface area contributed by atoms with Crippen molar-refractivity contribution >= 4 is 27.6 Å². The van der Waals surface area contributed by atoms with Crippen molar-refractivity contribution in [3.63, 3.8) is 0 Å². The van der Waals surface area contributed by atoms with Gasteiger partial charge in [-0.15, -0.1) is 0 Å². The van der Waals surface area contributed by atoms with Crippen molar-refractivity contribution in [2.24, 2.45) is 0 Å². The Hall–Kier alpha value is -3.89. The summed E-state index contributed by atoms with van der Waals surface area (Å²) in [6, 6.07) is 18.1. The summed E-state index contributed by atoms with van der Waals surface area (Å²) in [5.41, 5.74) is 1.48. The molecule has 1 amide bonds. The quantitative estimate of drug-likeness (QED) is 0.412. The number of hydrogen-bond acceptors (Lipinski definition) is 7. The van der Waals surface area contributed by atoms with Crippen LogP contribution in [0.25, 0.3) is 0 Å². The standard InChI is InChI=1S/C25H26N2O7S/c1-32-22-14-13-20(16-23(22)33-2)35(30,31)27-21(15-17-7-5-4-6-8-17)24(28)26-19-11-9-18(10-12-19)25(29)34-3/h4-14,16,21,27H,15H2,1-3H3,(H,26,28)/t21-/m0/s1. The van der Waals surface area contributed by atoms with Gasteiger partial charge in [-0.1, -0.05) is 30.3 Å². The number of sulfonamides is 1. The maximum absolute atomic E-state index is 13.2. The SMILES string of the molecule is COC(=O)c1ccc(NC(=O)[C@H](Cc2ccccc2)NS(=O)(=O)c2ccc(OC)c(OC)c2)cc1. The fourth-order valence-corrected chi connectivity index (χ4v) is 4.52. The van der Waals surface area contributed by atoms with Gasteiger partial charge in [-0.2, -0.15) is 4.72 Å². The minimum absolute atomic E-state index is 0.0801. The second-order valence-corrected chi connectivity index (χ2v) is 9.15. The zero-order chi connectivity index (χ0) is 25.4. The highest BCUT2D eigenvalue weighted by Crippen LogP contribution is 2.29. The molecule has 10 heteroatoms. The molecule has 0 aliphatic heterocycles. The van der Waals surface area contributed by atoms with Crippen LogP contribution in [0.4, 0.5) is 5.69 Å². The molecule has 1 atom stereocenters. The summed E-state index contributed by atoms with van der Waals surface area (Å²) in [6.45, 7) is 0.